The van der Waals surface area contributed by atoms with Gasteiger partial charge in [0.25, 0.3) is 0 Å². The van der Waals surface area contributed by atoms with Crippen LogP contribution >= 0.6 is 11.6 Å². The van der Waals surface area contributed by atoms with Gasteiger partial charge in [0.2, 0.25) is 0 Å². The molecule has 120 valence electrons. The number of benzene rings is 1. The van der Waals surface area contributed by atoms with Crippen LogP contribution in [0.2, 0.25) is 5.02 Å². The quantitative estimate of drug-likeness (QED) is 0.847. The van der Waals surface area contributed by atoms with Crippen molar-refractivity contribution in [3.05, 3.63) is 64.9 Å². The number of nitrogens with zero attached hydrogens (tertiary/aromatic N) is 1. The van der Waals surface area contributed by atoms with Crippen molar-refractivity contribution in [2.75, 3.05) is 0 Å². The number of aliphatic carboxylic acids is 1. The predicted octanol–water partition coefficient (Wildman–Crippen LogP) is 3.18. The van der Waals surface area contributed by atoms with Crippen molar-refractivity contribution in [1.29, 1.82) is 0 Å². The van der Waals surface area contributed by atoms with Gasteiger partial charge in [0.15, 0.2) is 0 Å². The molecule has 1 heterocycles. The van der Waals surface area contributed by atoms with Gasteiger partial charge >= 0.3 is 12.1 Å². The molecule has 0 unspecified atom stereocenters. The minimum absolute atomic E-state index is 0.0975. The maximum atomic E-state index is 11.9. The fourth-order valence-electron chi connectivity index (χ4n) is 1.95. The number of ether oxygens (including phenoxy) is 1. The molecule has 6 nitrogen and oxygen atoms in total. The molecule has 0 saturated heterocycles. The van der Waals surface area contributed by atoms with Crippen LogP contribution in [0.25, 0.3) is 0 Å². The molecule has 0 aliphatic rings. The Morgan fingerprint density at radius 1 is 1.26 bits per heavy atom. The first-order valence-electron chi connectivity index (χ1n) is 6.84. The maximum absolute atomic E-state index is 11.9. The summed E-state index contributed by atoms with van der Waals surface area (Å²) in [5, 5.41) is 11.9. The van der Waals surface area contributed by atoms with E-state index >= 15 is 0 Å². The molecule has 0 spiro atoms. The predicted molar refractivity (Wildman–Crippen MR) is 84.0 cm³/mol. The molecule has 1 aromatic carbocycles. The summed E-state index contributed by atoms with van der Waals surface area (Å²) < 4.78 is 5.10. The summed E-state index contributed by atoms with van der Waals surface area (Å²) in [6, 6.07) is 9.95. The van der Waals surface area contributed by atoms with E-state index < -0.39 is 18.1 Å². The second kappa shape index (κ2) is 8.14. The average molecular weight is 335 g/mol. The number of hydrogen-bond donors (Lipinski definition) is 2. The molecule has 1 amide bonds. The third-order valence-corrected chi connectivity index (χ3v) is 3.22. The number of aromatic nitrogens is 1. The standard InChI is InChI=1S/C16H15ClN2O4/c17-13-6-12(8-18-9-13)14(7-15(20)21)19-16(22)23-10-11-4-2-1-3-5-11/h1-6,8-9,14H,7,10H2,(H,19,22)(H,20,21)/t14-/m1/s1. The topological polar surface area (TPSA) is 88.5 Å². The molecule has 2 N–H and O–H groups in total. The van der Waals surface area contributed by atoms with Crippen molar-refractivity contribution < 1.29 is 19.4 Å². The molecule has 1 aromatic heterocycles. The van der Waals surface area contributed by atoms with E-state index in [1.807, 2.05) is 30.3 Å². The molecule has 2 rings (SSSR count). The van der Waals surface area contributed by atoms with Crippen molar-refractivity contribution in [2.45, 2.75) is 19.1 Å². The Bertz CT molecular complexity index is 679. The monoisotopic (exact) mass is 334 g/mol. The van der Waals surface area contributed by atoms with E-state index in [1.54, 1.807) is 6.07 Å². The van der Waals surface area contributed by atoms with E-state index in [-0.39, 0.29) is 13.0 Å². The Morgan fingerprint density at radius 2 is 2.00 bits per heavy atom. The summed E-state index contributed by atoms with van der Waals surface area (Å²) in [5.74, 6) is -1.06. The Hall–Kier alpha value is -2.60. The smallest absolute Gasteiger partial charge is 0.407 e. The van der Waals surface area contributed by atoms with E-state index in [2.05, 4.69) is 10.3 Å². The van der Waals surface area contributed by atoms with Gasteiger partial charge in [-0.05, 0) is 17.2 Å². The number of nitrogens with one attached hydrogen (secondary N) is 1. The first-order valence-corrected chi connectivity index (χ1v) is 7.22. The second-order valence-corrected chi connectivity index (χ2v) is 5.23. The summed E-state index contributed by atoms with van der Waals surface area (Å²) >= 11 is 5.85. The number of carbonyl (C=O) groups excluding carboxylic acids is 1. The lowest BCUT2D eigenvalue weighted by molar-refractivity contribution is -0.137. The summed E-state index contributed by atoms with van der Waals surface area (Å²) in [4.78, 5) is 26.8. The molecule has 0 bridgehead atoms. The Balaban J connectivity index is 1.99. The van der Waals surface area contributed by atoms with Gasteiger partial charge in [0, 0.05) is 12.4 Å². The van der Waals surface area contributed by atoms with Crippen LogP contribution in [-0.2, 0) is 16.1 Å². The van der Waals surface area contributed by atoms with E-state index in [0.717, 1.165) is 5.56 Å². The highest BCUT2D eigenvalue weighted by Gasteiger charge is 2.19. The SMILES string of the molecule is O=C(O)C[C@@H](NC(=O)OCc1ccccc1)c1cncc(Cl)c1. The lowest BCUT2D eigenvalue weighted by Crippen LogP contribution is -2.30. The highest BCUT2D eigenvalue weighted by molar-refractivity contribution is 6.30. The van der Waals surface area contributed by atoms with Crippen LogP contribution in [0, 0.1) is 0 Å². The number of carboxylic acid groups (broad SMARTS) is 1. The Labute approximate surface area is 138 Å². The molecular formula is C16H15ClN2O4. The van der Waals surface area contributed by atoms with Crippen molar-refractivity contribution in [3.8, 4) is 0 Å². The fourth-order valence-corrected chi connectivity index (χ4v) is 2.14. The number of halogens is 1. The summed E-state index contributed by atoms with van der Waals surface area (Å²) in [6.07, 6.45) is 1.87. The van der Waals surface area contributed by atoms with Gasteiger partial charge in [0.1, 0.15) is 6.61 Å². The molecule has 1 atom stereocenters. The van der Waals surface area contributed by atoms with E-state index in [4.69, 9.17) is 21.4 Å². The summed E-state index contributed by atoms with van der Waals surface area (Å²) in [6.45, 7) is 0.0975. The van der Waals surface area contributed by atoms with Gasteiger partial charge in [-0.15, -0.1) is 0 Å². The minimum Gasteiger partial charge on any atom is -0.481 e. The number of carbonyl (C=O) groups is 2. The normalized spacial score (nSPS) is 11.5. The number of alkyl carbamates (subject to hydrolysis) is 1. The van der Waals surface area contributed by atoms with Crippen molar-refractivity contribution in [2.24, 2.45) is 0 Å². The van der Waals surface area contributed by atoms with Crippen LogP contribution in [0.1, 0.15) is 23.6 Å². The lowest BCUT2D eigenvalue weighted by Gasteiger charge is -2.17. The van der Waals surface area contributed by atoms with Crippen LogP contribution in [0.5, 0.6) is 0 Å². The van der Waals surface area contributed by atoms with Gasteiger partial charge in [-0.2, -0.15) is 0 Å². The van der Waals surface area contributed by atoms with Gasteiger partial charge in [-0.25, -0.2) is 4.79 Å². The lowest BCUT2D eigenvalue weighted by atomic mass is 10.1. The minimum atomic E-state index is -1.06. The van der Waals surface area contributed by atoms with Crippen LogP contribution in [0.4, 0.5) is 4.79 Å². The number of rotatable bonds is 6. The molecule has 0 radical (unpaired) electrons. The highest BCUT2D eigenvalue weighted by atomic mass is 35.5. The number of amides is 1. The van der Waals surface area contributed by atoms with Crippen molar-refractivity contribution >= 4 is 23.7 Å². The highest BCUT2D eigenvalue weighted by Crippen LogP contribution is 2.19. The third-order valence-electron chi connectivity index (χ3n) is 3.01. The molecule has 0 aliphatic heterocycles. The largest absolute Gasteiger partial charge is 0.481 e. The zero-order valence-corrected chi connectivity index (χ0v) is 12.9. The number of hydrogen-bond acceptors (Lipinski definition) is 4. The Morgan fingerprint density at radius 3 is 2.65 bits per heavy atom. The number of pyridine rings is 1. The summed E-state index contributed by atoms with van der Waals surface area (Å²) in [7, 11) is 0. The van der Waals surface area contributed by atoms with Crippen LogP contribution in [0.15, 0.2) is 48.8 Å². The molecule has 0 fully saturated rings. The van der Waals surface area contributed by atoms with Crippen LogP contribution in [0.3, 0.4) is 0 Å². The molecule has 7 heteroatoms. The molecule has 23 heavy (non-hydrogen) atoms. The third kappa shape index (κ3) is 5.60. The van der Waals surface area contributed by atoms with Crippen molar-refractivity contribution in [3.63, 3.8) is 0 Å². The average Bonchev–Trinajstić information content (AvgIpc) is 2.53. The fraction of sp³-hybridized carbons (Fsp3) is 0.188. The Kier molecular flexibility index (Phi) is 5.94. The summed E-state index contributed by atoms with van der Waals surface area (Å²) in [5.41, 5.74) is 1.33. The van der Waals surface area contributed by atoms with E-state index in [9.17, 15) is 9.59 Å². The number of carboxylic acids is 1. The zero-order chi connectivity index (χ0) is 16.7. The van der Waals surface area contributed by atoms with E-state index in [1.165, 1.54) is 12.4 Å². The second-order valence-electron chi connectivity index (χ2n) is 4.79. The van der Waals surface area contributed by atoms with Gasteiger partial charge in [-0.3, -0.25) is 9.78 Å². The van der Waals surface area contributed by atoms with Gasteiger partial charge in [-0.1, -0.05) is 41.9 Å². The van der Waals surface area contributed by atoms with Crippen LogP contribution in [-0.4, -0.2) is 22.2 Å². The molecular weight excluding hydrogens is 320 g/mol. The molecule has 0 saturated carbocycles. The molecule has 2 aromatic rings. The first-order chi connectivity index (χ1) is 11.0. The van der Waals surface area contributed by atoms with Crippen LogP contribution < -0.4 is 5.32 Å². The maximum Gasteiger partial charge on any atom is 0.407 e. The first kappa shape index (κ1) is 16.8. The van der Waals surface area contributed by atoms with E-state index in [0.29, 0.717) is 10.6 Å². The van der Waals surface area contributed by atoms with Gasteiger partial charge < -0.3 is 15.2 Å². The van der Waals surface area contributed by atoms with Gasteiger partial charge in [0.05, 0.1) is 17.5 Å². The molecule has 0 aliphatic carbocycles. The zero-order valence-electron chi connectivity index (χ0n) is 12.1. The van der Waals surface area contributed by atoms with Crippen molar-refractivity contribution in [1.82, 2.24) is 10.3 Å².